The minimum atomic E-state index is -1.86. The van der Waals surface area contributed by atoms with Crippen LogP contribution in [0.2, 0.25) is 5.02 Å². The molecule has 0 aliphatic carbocycles. The van der Waals surface area contributed by atoms with Gasteiger partial charge in [0.05, 0.1) is 11.6 Å². The molecule has 0 fully saturated rings. The third kappa shape index (κ3) is 2.34. The first kappa shape index (κ1) is 16.7. The van der Waals surface area contributed by atoms with E-state index in [1.165, 1.54) is 4.90 Å². The average molecular weight is 344 g/mol. The smallest absolute Gasteiger partial charge is 0.264 e. The van der Waals surface area contributed by atoms with E-state index in [-0.39, 0.29) is 5.78 Å². The molecule has 1 aliphatic rings. The number of aliphatic hydroxyl groups is 1. The van der Waals surface area contributed by atoms with E-state index in [2.05, 4.69) is 0 Å². The Morgan fingerprint density at radius 3 is 2.46 bits per heavy atom. The van der Waals surface area contributed by atoms with E-state index in [4.69, 9.17) is 11.6 Å². The number of carbonyl (C=O) groups is 2. The number of rotatable bonds is 4. The van der Waals surface area contributed by atoms with E-state index in [0.29, 0.717) is 28.4 Å². The van der Waals surface area contributed by atoms with Crippen LogP contribution >= 0.6 is 11.6 Å². The number of para-hydroxylation sites is 1. The van der Waals surface area contributed by atoms with Crippen molar-refractivity contribution >= 4 is 29.0 Å². The highest BCUT2D eigenvalue weighted by molar-refractivity contribution is 6.30. The quantitative estimate of drug-likeness (QED) is 0.865. The maximum absolute atomic E-state index is 12.8. The number of likely N-dealkylation sites (N-methyl/N-ethyl adjacent to an activating group) is 1. The number of benzene rings is 2. The summed E-state index contributed by atoms with van der Waals surface area (Å²) in [7, 11) is 0. The summed E-state index contributed by atoms with van der Waals surface area (Å²) in [5.41, 5.74) is -0.306. The molecule has 3 rings (SSSR count). The Labute approximate surface area is 145 Å². The third-order valence-corrected chi connectivity index (χ3v) is 4.89. The Kier molecular flexibility index (Phi) is 4.20. The summed E-state index contributed by atoms with van der Waals surface area (Å²) >= 11 is 5.86. The van der Waals surface area contributed by atoms with Crippen LogP contribution in [0, 0.1) is 5.92 Å². The molecule has 0 radical (unpaired) electrons. The molecule has 0 bridgehead atoms. The highest BCUT2D eigenvalue weighted by atomic mass is 35.5. The van der Waals surface area contributed by atoms with Crippen molar-refractivity contribution in [1.82, 2.24) is 0 Å². The molecule has 2 aromatic rings. The van der Waals surface area contributed by atoms with Crippen LogP contribution < -0.4 is 4.90 Å². The van der Waals surface area contributed by atoms with E-state index < -0.39 is 17.4 Å². The van der Waals surface area contributed by atoms with Gasteiger partial charge in [0.25, 0.3) is 5.91 Å². The van der Waals surface area contributed by atoms with E-state index in [1.54, 1.807) is 49.4 Å². The van der Waals surface area contributed by atoms with E-state index in [0.717, 1.165) is 0 Å². The Morgan fingerprint density at radius 2 is 1.83 bits per heavy atom. The van der Waals surface area contributed by atoms with Gasteiger partial charge in [0, 0.05) is 22.7 Å². The number of Topliss-reactive ketones (excluding diaryl/α,β-unsaturated/α-hetero) is 1. The SMILES string of the molecule is CCN1C(=O)[C@](O)([C@H](C)C(=O)c2ccc(Cl)cc2)c2ccccc21. The van der Waals surface area contributed by atoms with Crippen LogP contribution in [0.15, 0.2) is 48.5 Å². The first-order valence-electron chi connectivity index (χ1n) is 7.84. The van der Waals surface area contributed by atoms with Crippen molar-refractivity contribution in [2.24, 2.45) is 5.92 Å². The molecule has 0 aromatic heterocycles. The van der Waals surface area contributed by atoms with Crippen LogP contribution in [0.3, 0.4) is 0 Å². The zero-order chi connectivity index (χ0) is 17.5. The number of hydrogen-bond donors (Lipinski definition) is 1. The van der Waals surface area contributed by atoms with Gasteiger partial charge in [-0.3, -0.25) is 9.59 Å². The summed E-state index contributed by atoms with van der Waals surface area (Å²) in [6, 6.07) is 13.5. The fraction of sp³-hybridized carbons (Fsp3) is 0.263. The normalized spacial score (nSPS) is 20.8. The molecule has 2 aromatic carbocycles. The predicted octanol–water partition coefficient (Wildman–Crippen LogP) is 3.41. The van der Waals surface area contributed by atoms with Crippen LogP contribution in [0.4, 0.5) is 5.69 Å². The van der Waals surface area contributed by atoms with Crippen LogP contribution in [-0.4, -0.2) is 23.3 Å². The van der Waals surface area contributed by atoms with Crippen molar-refractivity contribution in [3.05, 3.63) is 64.7 Å². The second kappa shape index (κ2) is 6.04. The van der Waals surface area contributed by atoms with Crippen molar-refractivity contribution in [3.8, 4) is 0 Å². The number of hydrogen-bond acceptors (Lipinski definition) is 3. The lowest BCUT2D eigenvalue weighted by Gasteiger charge is -2.28. The molecule has 124 valence electrons. The molecule has 1 aliphatic heterocycles. The maximum Gasteiger partial charge on any atom is 0.264 e. The number of ketones is 1. The molecular formula is C19H18ClNO3. The monoisotopic (exact) mass is 343 g/mol. The maximum atomic E-state index is 12.8. The van der Waals surface area contributed by atoms with Gasteiger partial charge in [0.2, 0.25) is 0 Å². The topological polar surface area (TPSA) is 57.6 Å². The highest BCUT2D eigenvalue weighted by Gasteiger charge is 2.54. The molecule has 4 nitrogen and oxygen atoms in total. The zero-order valence-corrected chi connectivity index (χ0v) is 14.2. The molecule has 24 heavy (non-hydrogen) atoms. The van der Waals surface area contributed by atoms with Gasteiger partial charge in [-0.15, -0.1) is 0 Å². The van der Waals surface area contributed by atoms with Crippen molar-refractivity contribution in [3.63, 3.8) is 0 Å². The van der Waals surface area contributed by atoms with Crippen molar-refractivity contribution in [2.45, 2.75) is 19.4 Å². The van der Waals surface area contributed by atoms with Gasteiger partial charge in [-0.2, -0.15) is 0 Å². The first-order valence-corrected chi connectivity index (χ1v) is 8.22. The van der Waals surface area contributed by atoms with Gasteiger partial charge >= 0.3 is 0 Å². The van der Waals surface area contributed by atoms with Crippen LogP contribution in [-0.2, 0) is 10.4 Å². The van der Waals surface area contributed by atoms with Gasteiger partial charge in [0.15, 0.2) is 11.4 Å². The summed E-state index contributed by atoms with van der Waals surface area (Å²) in [6.45, 7) is 3.86. The van der Waals surface area contributed by atoms with Gasteiger partial charge in [0.1, 0.15) is 0 Å². The molecule has 0 saturated carbocycles. The lowest BCUT2D eigenvalue weighted by molar-refractivity contribution is -0.139. The van der Waals surface area contributed by atoms with Crippen molar-refractivity contribution in [1.29, 1.82) is 0 Å². The van der Waals surface area contributed by atoms with Gasteiger partial charge in [-0.1, -0.05) is 36.7 Å². The molecule has 1 heterocycles. The van der Waals surface area contributed by atoms with Crippen LogP contribution in [0.25, 0.3) is 0 Å². The predicted molar refractivity (Wildman–Crippen MR) is 93.3 cm³/mol. The standard InChI is InChI=1S/C19H18ClNO3/c1-3-21-16-7-5-4-6-15(16)19(24,18(21)23)12(2)17(22)13-8-10-14(20)11-9-13/h4-12,24H,3H2,1-2H3/t12-,19+/m1/s1. The average Bonchev–Trinajstić information content (AvgIpc) is 2.83. The molecule has 1 N–H and O–H groups in total. The Balaban J connectivity index is 2.05. The number of nitrogens with zero attached hydrogens (tertiary/aromatic N) is 1. The molecule has 1 amide bonds. The Bertz CT molecular complexity index is 803. The third-order valence-electron chi connectivity index (χ3n) is 4.64. The lowest BCUT2D eigenvalue weighted by atomic mass is 9.79. The molecule has 2 atom stereocenters. The van der Waals surface area contributed by atoms with E-state index in [1.807, 2.05) is 13.0 Å². The van der Waals surface area contributed by atoms with E-state index >= 15 is 0 Å². The molecular weight excluding hydrogens is 326 g/mol. The largest absolute Gasteiger partial charge is 0.375 e. The minimum Gasteiger partial charge on any atom is -0.375 e. The Morgan fingerprint density at radius 1 is 1.21 bits per heavy atom. The number of anilines is 1. The fourth-order valence-corrected chi connectivity index (χ4v) is 3.37. The summed E-state index contributed by atoms with van der Waals surface area (Å²) in [4.78, 5) is 27.2. The van der Waals surface area contributed by atoms with Crippen molar-refractivity contribution < 1.29 is 14.7 Å². The second-order valence-corrected chi connectivity index (χ2v) is 6.36. The van der Waals surface area contributed by atoms with Gasteiger partial charge in [-0.05, 0) is 37.3 Å². The van der Waals surface area contributed by atoms with Crippen LogP contribution in [0.5, 0.6) is 0 Å². The number of halogens is 1. The molecule has 0 saturated heterocycles. The summed E-state index contributed by atoms with van der Waals surface area (Å²) in [5, 5.41) is 11.8. The molecule has 5 heteroatoms. The fourth-order valence-electron chi connectivity index (χ4n) is 3.25. The molecule has 0 spiro atoms. The highest BCUT2D eigenvalue weighted by Crippen LogP contribution is 2.45. The van der Waals surface area contributed by atoms with Crippen molar-refractivity contribution in [2.75, 3.05) is 11.4 Å². The first-order chi connectivity index (χ1) is 11.4. The zero-order valence-electron chi connectivity index (χ0n) is 13.5. The second-order valence-electron chi connectivity index (χ2n) is 5.93. The summed E-state index contributed by atoms with van der Waals surface area (Å²) < 4.78 is 0. The lowest BCUT2D eigenvalue weighted by Crippen LogP contribution is -2.47. The minimum absolute atomic E-state index is 0.296. The number of carbonyl (C=O) groups excluding carboxylic acids is 2. The Hall–Kier alpha value is -2.17. The number of amides is 1. The summed E-state index contributed by atoms with van der Waals surface area (Å²) in [5.74, 6) is -1.67. The van der Waals surface area contributed by atoms with Gasteiger partial charge < -0.3 is 10.0 Å². The summed E-state index contributed by atoms with van der Waals surface area (Å²) in [6.07, 6.45) is 0. The van der Waals surface area contributed by atoms with E-state index in [9.17, 15) is 14.7 Å². The van der Waals surface area contributed by atoms with Crippen LogP contribution in [0.1, 0.15) is 29.8 Å². The number of fused-ring (bicyclic) bond motifs is 1. The van der Waals surface area contributed by atoms with Gasteiger partial charge in [-0.25, -0.2) is 0 Å². The molecule has 0 unspecified atom stereocenters.